The number of nitrogens with zero attached hydrogens (tertiary/aromatic N) is 1. The van der Waals surface area contributed by atoms with Crippen molar-refractivity contribution in [3.63, 3.8) is 0 Å². The second-order valence-electron chi connectivity index (χ2n) is 6.72. The molecule has 0 fully saturated rings. The van der Waals surface area contributed by atoms with E-state index >= 15 is 0 Å². The Morgan fingerprint density at radius 1 is 1.40 bits per heavy atom. The summed E-state index contributed by atoms with van der Waals surface area (Å²) >= 11 is 0. The first-order valence-electron chi connectivity index (χ1n) is 7.91. The minimum absolute atomic E-state index is 0.290. The van der Waals surface area contributed by atoms with Crippen molar-refractivity contribution < 1.29 is 14.3 Å². The van der Waals surface area contributed by atoms with E-state index in [-0.39, 0.29) is 5.91 Å². The maximum atomic E-state index is 12.4. The van der Waals surface area contributed by atoms with Crippen LogP contribution < -0.4 is 27.7 Å². The lowest BCUT2D eigenvalue weighted by Gasteiger charge is -2.22. The van der Waals surface area contributed by atoms with Crippen LogP contribution in [-0.2, 0) is 16.0 Å². The summed E-state index contributed by atoms with van der Waals surface area (Å²) in [6, 6.07) is 4.66. The number of ether oxygens (including phenoxy) is 1. The molecule has 0 aliphatic carbocycles. The summed E-state index contributed by atoms with van der Waals surface area (Å²) in [5, 5.41) is 8.99. The van der Waals surface area contributed by atoms with Gasteiger partial charge in [-0.1, -0.05) is 0 Å². The number of carbonyl (C=O) groups excluding carboxylic acids is 2. The summed E-state index contributed by atoms with van der Waals surface area (Å²) in [5.41, 5.74) is 4.07. The quantitative estimate of drug-likeness (QED) is 0.228. The Hall–Kier alpha value is -2.81. The lowest BCUT2D eigenvalue weighted by Crippen LogP contribution is -2.45. The van der Waals surface area contributed by atoms with Crippen molar-refractivity contribution in [2.24, 2.45) is 16.8 Å². The number of hydrazone groups is 1. The van der Waals surface area contributed by atoms with Gasteiger partial charge in [-0.25, -0.2) is 10.6 Å². The molecule has 2 amide bonds. The van der Waals surface area contributed by atoms with Crippen LogP contribution in [0, 0.1) is 0 Å². The monoisotopic (exact) mass is 348 g/mol. The Morgan fingerprint density at radius 3 is 2.72 bits per heavy atom. The number of nitrogens with one attached hydrogen (secondary N) is 3. The molecule has 0 aromatic heterocycles. The predicted molar refractivity (Wildman–Crippen MR) is 94.6 cm³/mol. The summed E-state index contributed by atoms with van der Waals surface area (Å²) in [4.78, 5) is 24.3. The van der Waals surface area contributed by atoms with Gasteiger partial charge in [-0.2, -0.15) is 5.10 Å². The standard InChI is InChI=1S/C16H24N6O3/c1-16(2,3)25-15(24)20-12-7-4-9-8-10(13(21-17)22-18)5-6-11(9)19-14(12)23/h5-6,8,12H,4,7,17-18H2,1-3H3,(H,19,23)(H,20,24)(H,21,22)/t12-/m0/s1. The zero-order valence-corrected chi connectivity index (χ0v) is 14.6. The number of carbonyl (C=O) groups is 2. The van der Waals surface area contributed by atoms with E-state index in [9.17, 15) is 9.59 Å². The highest BCUT2D eigenvalue weighted by atomic mass is 16.6. The molecule has 0 unspecified atom stereocenters. The van der Waals surface area contributed by atoms with Crippen LogP contribution >= 0.6 is 0 Å². The number of amidine groups is 1. The zero-order chi connectivity index (χ0) is 18.6. The van der Waals surface area contributed by atoms with Gasteiger partial charge in [0.1, 0.15) is 11.6 Å². The minimum atomic E-state index is -0.680. The van der Waals surface area contributed by atoms with E-state index in [0.717, 1.165) is 5.56 Å². The first kappa shape index (κ1) is 18.5. The Morgan fingerprint density at radius 2 is 2.12 bits per heavy atom. The molecule has 1 aliphatic heterocycles. The normalized spacial score (nSPS) is 17.8. The fourth-order valence-corrected chi connectivity index (χ4v) is 2.50. The van der Waals surface area contributed by atoms with Crippen molar-refractivity contribution in [3.8, 4) is 0 Å². The van der Waals surface area contributed by atoms with Crippen LogP contribution in [0.25, 0.3) is 0 Å². The van der Waals surface area contributed by atoms with Crippen LogP contribution in [0.4, 0.5) is 10.5 Å². The van der Waals surface area contributed by atoms with Gasteiger partial charge in [-0.3, -0.25) is 4.79 Å². The highest BCUT2D eigenvalue weighted by Gasteiger charge is 2.27. The number of alkyl carbamates (subject to hydrolysis) is 1. The molecule has 25 heavy (non-hydrogen) atoms. The van der Waals surface area contributed by atoms with Crippen LogP contribution in [0.15, 0.2) is 23.3 Å². The van der Waals surface area contributed by atoms with Gasteiger partial charge in [-0.05, 0) is 57.4 Å². The number of benzene rings is 1. The third-order valence-electron chi connectivity index (χ3n) is 3.61. The van der Waals surface area contributed by atoms with Crippen LogP contribution in [-0.4, -0.2) is 29.5 Å². The van der Waals surface area contributed by atoms with Gasteiger partial charge < -0.3 is 26.6 Å². The van der Waals surface area contributed by atoms with E-state index in [1.165, 1.54) is 0 Å². The topological polar surface area (TPSA) is 144 Å². The van der Waals surface area contributed by atoms with Gasteiger partial charge in [0.2, 0.25) is 5.91 Å². The molecule has 0 radical (unpaired) electrons. The van der Waals surface area contributed by atoms with Gasteiger partial charge >= 0.3 is 6.09 Å². The smallest absolute Gasteiger partial charge is 0.408 e. The molecule has 1 heterocycles. The summed E-state index contributed by atoms with van der Waals surface area (Å²) in [6.45, 7) is 5.29. The lowest BCUT2D eigenvalue weighted by molar-refractivity contribution is -0.118. The first-order valence-corrected chi connectivity index (χ1v) is 7.91. The molecular weight excluding hydrogens is 324 g/mol. The number of hydrazine groups is 1. The van der Waals surface area contributed by atoms with Gasteiger partial charge in [0, 0.05) is 11.3 Å². The number of hydrogen-bond acceptors (Lipinski definition) is 6. The van der Waals surface area contributed by atoms with E-state index in [1.54, 1.807) is 32.9 Å². The molecule has 1 atom stereocenters. The molecule has 0 saturated carbocycles. The fourth-order valence-electron chi connectivity index (χ4n) is 2.50. The molecule has 1 aliphatic rings. The van der Waals surface area contributed by atoms with E-state index in [2.05, 4.69) is 21.2 Å². The molecule has 0 saturated heterocycles. The van der Waals surface area contributed by atoms with Crippen molar-refractivity contribution in [2.75, 3.05) is 5.32 Å². The van der Waals surface area contributed by atoms with Crippen molar-refractivity contribution in [2.45, 2.75) is 45.3 Å². The Bertz CT molecular complexity index is 696. The maximum absolute atomic E-state index is 12.4. The number of amides is 2. The third kappa shape index (κ3) is 4.83. The maximum Gasteiger partial charge on any atom is 0.408 e. The number of fused-ring (bicyclic) bond motifs is 1. The van der Waals surface area contributed by atoms with E-state index in [0.29, 0.717) is 29.9 Å². The molecule has 9 heteroatoms. The van der Waals surface area contributed by atoms with Crippen molar-refractivity contribution in [3.05, 3.63) is 29.3 Å². The molecule has 136 valence electrons. The molecular formula is C16H24N6O3. The number of nitrogens with two attached hydrogens (primary N) is 2. The fraction of sp³-hybridized carbons (Fsp3) is 0.438. The van der Waals surface area contributed by atoms with Gasteiger partial charge in [-0.15, -0.1) is 0 Å². The van der Waals surface area contributed by atoms with E-state index in [4.69, 9.17) is 16.4 Å². The van der Waals surface area contributed by atoms with Crippen LogP contribution in [0.5, 0.6) is 0 Å². The highest BCUT2D eigenvalue weighted by molar-refractivity contribution is 6.01. The summed E-state index contributed by atoms with van der Waals surface area (Å²) in [5.74, 6) is 10.7. The Labute approximate surface area is 146 Å². The Kier molecular flexibility index (Phi) is 5.48. The van der Waals surface area contributed by atoms with Gasteiger partial charge in [0.25, 0.3) is 0 Å². The van der Waals surface area contributed by atoms with Crippen LogP contribution in [0.2, 0.25) is 0 Å². The number of aryl methyl sites for hydroxylation is 1. The third-order valence-corrected chi connectivity index (χ3v) is 3.61. The lowest BCUT2D eigenvalue weighted by atomic mass is 10.0. The van der Waals surface area contributed by atoms with Gasteiger partial charge in [0.05, 0.1) is 0 Å². The molecule has 7 N–H and O–H groups in total. The second-order valence-corrected chi connectivity index (χ2v) is 6.72. The Balaban J connectivity index is 2.13. The molecule has 0 spiro atoms. The van der Waals surface area contributed by atoms with Crippen LogP contribution in [0.1, 0.15) is 38.3 Å². The minimum Gasteiger partial charge on any atom is -0.444 e. The number of hydrogen-bond donors (Lipinski definition) is 5. The molecule has 2 rings (SSSR count). The summed E-state index contributed by atoms with van der Waals surface area (Å²) < 4.78 is 5.20. The van der Waals surface area contributed by atoms with E-state index in [1.807, 2.05) is 6.07 Å². The SMILES string of the molecule is CC(C)(C)OC(=O)N[C@H]1CCc2cc(/C(=N/N)NN)ccc2NC1=O. The van der Waals surface area contributed by atoms with Crippen molar-refractivity contribution >= 4 is 23.5 Å². The van der Waals surface area contributed by atoms with Crippen molar-refractivity contribution in [1.29, 1.82) is 0 Å². The first-order chi connectivity index (χ1) is 11.7. The van der Waals surface area contributed by atoms with Crippen LogP contribution in [0.3, 0.4) is 0 Å². The molecule has 0 bridgehead atoms. The zero-order valence-electron chi connectivity index (χ0n) is 14.6. The average Bonchev–Trinajstić information content (AvgIpc) is 2.66. The summed E-state index contributed by atoms with van der Waals surface area (Å²) in [6.07, 6.45) is 0.390. The highest BCUT2D eigenvalue weighted by Crippen LogP contribution is 2.24. The molecule has 1 aromatic rings. The predicted octanol–water partition coefficient (Wildman–Crippen LogP) is 0.548. The van der Waals surface area contributed by atoms with Gasteiger partial charge in [0.15, 0.2) is 5.84 Å². The largest absolute Gasteiger partial charge is 0.444 e. The summed E-state index contributed by atoms with van der Waals surface area (Å²) in [7, 11) is 0. The average molecular weight is 348 g/mol. The molecule has 9 nitrogen and oxygen atoms in total. The molecule has 1 aromatic carbocycles. The second kappa shape index (κ2) is 7.39. The van der Waals surface area contributed by atoms with Crippen molar-refractivity contribution in [1.82, 2.24) is 10.7 Å². The van der Waals surface area contributed by atoms with E-state index < -0.39 is 17.7 Å². The number of anilines is 1. The number of rotatable bonds is 2.